The lowest BCUT2D eigenvalue weighted by Gasteiger charge is -2.32. The normalized spacial score (nSPS) is 13.3. The van der Waals surface area contributed by atoms with Crippen LogP contribution in [0.5, 0.6) is 5.75 Å². The number of anilines is 1. The van der Waals surface area contributed by atoms with Crippen LogP contribution in [0.4, 0.5) is 5.95 Å². The highest BCUT2D eigenvalue weighted by atomic mass is 35.5. The van der Waals surface area contributed by atoms with Gasteiger partial charge in [0.2, 0.25) is 11.9 Å². The fourth-order valence-corrected chi connectivity index (χ4v) is 4.50. The van der Waals surface area contributed by atoms with Crippen LogP contribution >= 0.6 is 12.4 Å². The first-order valence-electron chi connectivity index (χ1n) is 12.7. The van der Waals surface area contributed by atoms with E-state index in [1.54, 1.807) is 41.4 Å². The maximum Gasteiger partial charge on any atom is 0.263 e. The Hall–Kier alpha value is -3.91. The van der Waals surface area contributed by atoms with Gasteiger partial charge in [0.05, 0.1) is 29.5 Å². The predicted octanol–water partition coefficient (Wildman–Crippen LogP) is 3.39. The molecule has 1 aromatic heterocycles. The van der Waals surface area contributed by atoms with Gasteiger partial charge >= 0.3 is 0 Å². The highest BCUT2D eigenvalue weighted by Crippen LogP contribution is 2.31. The third-order valence-corrected chi connectivity index (χ3v) is 6.71. The zero-order chi connectivity index (χ0) is 27.1. The molecule has 3 aromatic rings. The molecule has 0 atom stereocenters. The van der Waals surface area contributed by atoms with Gasteiger partial charge < -0.3 is 15.4 Å². The second-order valence-electron chi connectivity index (χ2n) is 9.38. The first kappa shape index (κ1) is 29.6. The van der Waals surface area contributed by atoms with E-state index in [1.165, 1.54) is 0 Å². The Morgan fingerprint density at radius 3 is 2.38 bits per heavy atom. The van der Waals surface area contributed by atoms with Gasteiger partial charge in [0.25, 0.3) is 5.56 Å². The van der Waals surface area contributed by atoms with E-state index in [0.29, 0.717) is 53.5 Å². The average Bonchev–Trinajstić information content (AvgIpc) is 2.95. The van der Waals surface area contributed by atoms with Gasteiger partial charge in [-0.15, -0.1) is 12.4 Å². The highest BCUT2D eigenvalue weighted by Gasteiger charge is 2.24. The molecule has 1 amide bonds. The smallest absolute Gasteiger partial charge is 0.263 e. The molecular weight excluding hydrogens is 520 g/mol. The summed E-state index contributed by atoms with van der Waals surface area (Å²) >= 11 is 0. The topological polar surface area (TPSA) is 146 Å². The summed E-state index contributed by atoms with van der Waals surface area (Å²) in [6.45, 7) is 1.88. The van der Waals surface area contributed by atoms with Crippen molar-refractivity contribution in [1.29, 1.82) is 5.26 Å². The van der Waals surface area contributed by atoms with Gasteiger partial charge in [0, 0.05) is 38.2 Å². The minimum absolute atomic E-state index is 0. The third-order valence-electron chi connectivity index (χ3n) is 6.71. The number of rotatable bonds is 9. The molecule has 2 heterocycles. The number of nitriles is 1. The van der Waals surface area contributed by atoms with Crippen molar-refractivity contribution in [1.82, 2.24) is 15.0 Å². The fourth-order valence-electron chi connectivity index (χ4n) is 4.50. The summed E-state index contributed by atoms with van der Waals surface area (Å²) in [7, 11) is 1.74. The van der Waals surface area contributed by atoms with Gasteiger partial charge in [-0.05, 0) is 55.5 Å². The lowest BCUT2D eigenvalue weighted by Crippen LogP contribution is -2.42. The summed E-state index contributed by atoms with van der Waals surface area (Å²) < 4.78 is 7.36. The summed E-state index contributed by atoms with van der Waals surface area (Å²) in [5, 5.41) is 17.8. The van der Waals surface area contributed by atoms with Gasteiger partial charge in [-0.1, -0.05) is 24.3 Å². The summed E-state index contributed by atoms with van der Waals surface area (Å²) in [6, 6.07) is 16.6. The number of nitrogens with two attached hydrogens (primary N) is 1. The zero-order valence-electron chi connectivity index (χ0n) is 21.8. The van der Waals surface area contributed by atoms with Crippen molar-refractivity contribution < 1.29 is 14.7 Å². The van der Waals surface area contributed by atoms with E-state index in [9.17, 15) is 14.9 Å². The molecule has 1 aliphatic rings. The van der Waals surface area contributed by atoms with Crippen molar-refractivity contribution in [2.75, 3.05) is 24.6 Å². The Balaban J connectivity index is 0.00000420. The van der Waals surface area contributed by atoms with Crippen LogP contribution in [0, 0.1) is 11.3 Å². The summed E-state index contributed by atoms with van der Waals surface area (Å²) in [4.78, 5) is 31.9. The molecule has 10 nitrogen and oxygen atoms in total. The third kappa shape index (κ3) is 7.15. The lowest BCUT2D eigenvalue weighted by molar-refractivity contribution is -0.129. The highest BCUT2D eigenvalue weighted by molar-refractivity contribution is 5.85. The number of benzene rings is 2. The molecule has 2 aromatic carbocycles. The number of carbonyl (C=O) groups excluding carboxylic acids is 1. The molecule has 0 saturated carbocycles. The molecule has 0 unspecified atom stereocenters. The molecule has 1 fully saturated rings. The van der Waals surface area contributed by atoms with Gasteiger partial charge in [0.15, 0.2) is 0 Å². The molecule has 11 heteroatoms. The van der Waals surface area contributed by atoms with Crippen molar-refractivity contribution >= 4 is 24.3 Å². The van der Waals surface area contributed by atoms with Crippen LogP contribution < -0.4 is 26.4 Å². The predicted molar refractivity (Wildman–Crippen MR) is 151 cm³/mol. The molecule has 0 spiro atoms. The van der Waals surface area contributed by atoms with Crippen molar-refractivity contribution in [2.45, 2.75) is 38.1 Å². The van der Waals surface area contributed by atoms with Crippen molar-refractivity contribution in [2.24, 2.45) is 12.8 Å². The molecule has 39 heavy (non-hydrogen) atoms. The second-order valence-corrected chi connectivity index (χ2v) is 9.38. The number of ether oxygens (including phenoxy) is 1. The van der Waals surface area contributed by atoms with E-state index in [-0.39, 0.29) is 30.4 Å². The number of halogens is 1. The van der Waals surface area contributed by atoms with E-state index < -0.39 is 5.91 Å². The number of aromatic nitrogens is 2. The molecule has 4 N–H and O–H groups in total. The van der Waals surface area contributed by atoms with E-state index >= 15 is 0 Å². The summed E-state index contributed by atoms with van der Waals surface area (Å²) in [5.41, 5.74) is 10.5. The number of nitrogens with one attached hydrogen (secondary N) is 1. The van der Waals surface area contributed by atoms with E-state index in [2.05, 4.69) is 11.0 Å². The first-order valence-corrected chi connectivity index (χ1v) is 12.7. The SMILES string of the molecule is Cl.Cn1c(N2CCC(N)CC2)nc(-c2ccc(C#N)cc2)c(-c2ccc(OCCCCC(=O)NO)cc2)c1=O. The Bertz CT molecular complexity index is 1360. The quantitative estimate of drug-likeness (QED) is 0.208. The van der Waals surface area contributed by atoms with Crippen molar-refractivity contribution in [3.63, 3.8) is 0 Å². The number of hydrogen-bond donors (Lipinski definition) is 3. The van der Waals surface area contributed by atoms with Crippen LogP contribution in [0.25, 0.3) is 22.4 Å². The summed E-state index contributed by atoms with van der Waals surface area (Å²) in [5.74, 6) is 0.823. The molecule has 1 saturated heterocycles. The Morgan fingerprint density at radius 2 is 1.77 bits per heavy atom. The van der Waals surface area contributed by atoms with Gasteiger partial charge in [0.1, 0.15) is 5.75 Å². The van der Waals surface area contributed by atoms with Gasteiger partial charge in [-0.25, -0.2) is 10.5 Å². The number of piperidine rings is 1. The molecule has 1 aliphatic heterocycles. The van der Waals surface area contributed by atoms with Crippen LogP contribution in [0.15, 0.2) is 53.3 Å². The van der Waals surface area contributed by atoms with Crippen molar-refractivity contribution in [3.8, 4) is 34.2 Å². The summed E-state index contributed by atoms with van der Waals surface area (Å²) in [6.07, 6.45) is 3.15. The van der Waals surface area contributed by atoms with Crippen molar-refractivity contribution in [3.05, 3.63) is 64.4 Å². The van der Waals surface area contributed by atoms with E-state index in [0.717, 1.165) is 31.5 Å². The van der Waals surface area contributed by atoms with E-state index in [4.69, 9.17) is 20.7 Å². The average molecular weight is 553 g/mol. The molecular formula is C28H33ClN6O4. The fraction of sp³-hybridized carbons (Fsp3) is 0.357. The molecule has 0 radical (unpaired) electrons. The zero-order valence-corrected chi connectivity index (χ0v) is 22.6. The number of hydroxylamine groups is 1. The van der Waals surface area contributed by atoms with Crippen LogP contribution in [0.1, 0.15) is 37.7 Å². The van der Waals surface area contributed by atoms with E-state index in [1.807, 2.05) is 24.3 Å². The van der Waals surface area contributed by atoms with Crippen LogP contribution in [0.2, 0.25) is 0 Å². The molecule has 4 rings (SSSR count). The Labute approximate surface area is 233 Å². The Kier molecular flexibility index (Phi) is 10.5. The number of amides is 1. The maximum absolute atomic E-state index is 13.8. The van der Waals surface area contributed by atoms with Crippen LogP contribution in [0.3, 0.4) is 0 Å². The lowest BCUT2D eigenvalue weighted by atomic mass is 9.99. The minimum Gasteiger partial charge on any atom is -0.494 e. The Morgan fingerprint density at radius 1 is 1.13 bits per heavy atom. The standard InChI is InChI=1S/C28H32N6O4.ClH/c1-33-27(36)25(20-9-11-23(12-10-20)38-17-3-2-4-24(35)32-37)26(21-7-5-19(18-29)6-8-21)31-28(33)34-15-13-22(30)14-16-34;/h5-12,22,37H,2-4,13-17,30H2,1H3,(H,32,35);1H. The molecule has 0 bridgehead atoms. The van der Waals surface area contributed by atoms with Gasteiger partial charge in [-0.3, -0.25) is 19.4 Å². The maximum atomic E-state index is 13.8. The van der Waals surface area contributed by atoms with Crippen LogP contribution in [-0.4, -0.2) is 46.4 Å². The molecule has 206 valence electrons. The monoisotopic (exact) mass is 552 g/mol. The first-order chi connectivity index (χ1) is 18.4. The van der Waals surface area contributed by atoms with Crippen LogP contribution in [-0.2, 0) is 11.8 Å². The minimum atomic E-state index is -0.419. The number of unbranched alkanes of at least 4 members (excludes halogenated alkanes) is 1. The second kappa shape index (κ2) is 13.8. The number of carbonyl (C=O) groups is 1. The number of nitrogens with zero attached hydrogens (tertiary/aromatic N) is 4. The molecule has 0 aliphatic carbocycles. The largest absolute Gasteiger partial charge is 0.494 e. The number of hydrogen-bond acceptors (Lipinski definition) is 8. The van der Waals surface area contributed by atoms with Gasteiger partial charge in [-0.2, -0.15) is 5.26 Å².